The number of aromatic carboxylic acids is 1. The fourth-order valence-corrected chi connectivity index (χ4v) is 2.93. The van der Waals surface area contributed by atoms with Crippen LogP contribution in [-0.2, 0) is 22.1 Å². The molecule has 1 amide bonds. The van der Waals surface area contributed by atoms with Crippen molar-refractivity contribution in [3.63, 3.8) is 0 Å². The van der Waals surface area contributed by atoms with E-state index in [1.807, 2.05) is 0 Å². The van der Waals surface area contributed by atoms with Gasteiger partial charge in [0, 0.05) is 41.6 Å². The van der Waals surface area contributed by atoms with Gasteiger partial charge in [0.2, 0.25) is 5.91 Å². The summed E-state index contributed by atoms with van der Waals surface area (Å²) in [6, 6.07) is 3.06. The van der Waals surface area contributed by atoms with Crippen LogP contribution in [0, 0.1) is 0 Å². The average molecular weight is 270 g/mol. The molecule has 0 bridgehead atoms. The van der Waals surface area contributed by atoms with E-state index in [1.165, 1.54) is 10.6 Å². The summed E-state index contributed by atoms with van der Waals surface area (Å²) in [6.07, 6.45) is 1.57. The molecule has 0 aromatic carbocycles. The lowest BCUT2D eigenvalue weighted by Gasteiger charge is -2.26. The van der Waals surface area contributed by atoms with Crippen LogP contribution in [0.25, 0.3) is 0 Å². The number of carbonyl (C=O) groups is 2. The molecule has 1 saturated heterocycles. The van der Waals surface area contributed by atoms with Gasteiger partial charge in [0.05, 0.1) is 0 Å². The summed E-state index contributed by atoms with van der Waals surface area (Å²) in [5.41, 5.74) is 0.101. The first-order valence-electron chi connectivity index (χ1n) is 5.59. The van der Waals surface area contributed by atoms with Gasteiger partial charge in [-0.3, -0.25) is 9.00 Å². The molecule has 0 spiro atoms. The highest BCUT2D eigenvalue weighted by molar-refractivity contribution is 7.85. The van der Waals surface area contributed by atoms with Crippen LogP contribution in [0.1, 0.15) is 10.5 Å². The van der Waals surface area contributed by atoms with Gasteiger partial charge in [0.15, 0.2) is 0 Å². The molecule has 6 nitrogen and oxygen atoms in total. The number of carbonyl (C=O) groups excluding carboxylic acids is 1. The maximum Gasteiger partial charge on any atom is 0.352 e. The fourth-order valence-electron chi connectivity index (χ4n) is 1.88. The largest absolute Gasteiger partial charge is 0.477 e. The lowest BCUT2D eigenvalue weighted by molar-refractivity contribution is -0.131. The van der Waals surface area contributed by atoms with Gasteiger partial charge in [-0.15, -0.1) is 0 Å². The molecule has 2 rings (SSSR count). The summed E-state index contributed by atoms with van der Waals surface area (Å²) < 4.78 is 12.6. The maximum atomic E-state index is 12.0. The molecule has 0 aliphatic carbocycles. The van der Waals surface area contributed by atoms with Crippen molar-refractivity contribution in [3.8, 4) is 0 Å². The summed E-state index contributed by atoms with van der Waals surface area (Å²) in [5, 5.41) is 8.93. The van der Waals surface area contributed by atoms with Crippen LogP contribution in [-0.4, -0.2) is 55.3 Å². The summed E-state index contributed by atoms with van der Waals surface area (Å²) in [5.74, 6) is -0.176. The predicted octanol–water partition coefficient (Wildman–Crippen LogP) is -0.223. The second-order valence-electron chi connectivity index (χ2n) is 4.06. The second kappa shape index (κ2) is 5.34. The fraction of sp³-hybridized carbons (Fsp3) is 0.455. The second-order valence-corrected chi connectivity index (χ2v) is 5.75. The molecule has 1 aromatic heterocycles. The van der Waals surface area contributed by atoms with Gasteiger partial charge in [0.1, 0.15) is 12.2 Å². The van der Waals surface area contributed by atoms with Crippen LogP contribution in [0.3, 0.4) is 0 Å². The molecule has 0 unspecified atom stereocenters. The van der Waals surface area contributed by atoms with Gasteiger partial charge in [-0.1, -0.05) is 0 Å². The summed E-state index contributed by atoms with van der Waals surface area (Å²) in [4.78, 5) is 24.5. The predicted molar refractivity (Wildman–Crippen MR) is 65.8 cm³/mol. The number of nitrogens with zero attached hydrogens (tertiary/aromatic N) is 2. The third-order valence-corrected chi connectivity index (χ3v) is 4.16. The Morgan fingerprint density at radius 1 is 1.33 bits per heavy atom. The third kappa shape index (κ3) is 2.79. The van der Waals surface area contributed by atoms with E-state index in [9.17, 15) is 13.8 Å². The molecule has 0 atom stereocenters. The van der Waals surface area contributed by atoms with E-state index in [0.29, 0.717) is 24.6 Å². The molecular formula is C11H14N2O4S. The highest BCUT2D eigenvalue weighted by Crippen LogP contribution is 2.06. The molecule has 0 radical (unpaired) electrons. The first kappa shape index (κ1) is 12.8. The number of hydrogen-bond donors (Lipinski definition) is 1. The minimum atomic E-state index is -1.05. The van der Waals surface area contributed by atoms with E-state index in [1.54, 1.807) is 17.2 Å². The quantitative estimate of drug-likeness (QED) is 0.823. The number of carboxylic acid groups (broad SMARTS) is 1. The monoisotopic (exact) mass is 270 g/mol. The number of amides is 1. The first-order chi connectivity index (χ1) is 8.58. The smallest absolute Gasteiger partial charge is 0.352 e. The Morgan fingerprint density at radius 2 is 2.00 bits per heavy atom. The molecule has 1 fully saturated rings. The number of aromatic nitrogens is 1. The maximum absolute atomic E-state index is 12.0. The molecule has 7 heteroatoms. The van der Waals surface area contributed by atoms with Crippen molar-refractivity contribution in [2.45, 2.75) is 6.54 Å². The SMILES string of the molecule is O=C(O)c1cccn1CC(=O)N1CCS(=O)CC1. The molecule has 1 aromatic rings. The van der Waals surface area contributed by atoms with Gasteiger partial charge in [-0.2, -0.15) is 0 Å². The van der Waals surface area contributed by atoms with Crippen molar-refractivity contribution in [1.82, 2.24) is 9.47 Å². The third-order valence-electron chi connectivity index (χ3n) is 2.88. The zero-order chi connectivity index (χ0) is 13.1. The Bertz CT molecular complexity index is 487. The van der Waals surface area contributed by atoms with Crippen LogP contribution in [0.5, 0.6) is 0 Å². The topological polar surface area (TPSA) is 79.6 Å². The van der Waals surface area contributed by atoms with E-state index in [2.05, 4.69) is 0 Å². The zero-order valence-electron chi connectivity index (χ0n) is 9.74. The lowest BCUT2D eigenvalue weighted by atomic mass is 10.4. The van der Waals surface area contributed by atoms with Crippen molar-refractivity contribution >= 4 is 22.7 Å². The standard InChI is InChI=1S/C11H14N2O4S/c14-10(12-4-6-18(17)7-5-12)8-13-3-1-2-9(13)11(15)16/h1-3H,4-8H2,(H,15,16). The first-order valence-corrected chi connectivity index (χ1v) is 7.08. The molecule has 2 heterocycles. The summed E-state index contributed by atoms with van der Waals surface area (Å²) in [6.45, 7) is 0.978. The highest BCUT2D eigenvalue weighted by atomic mass is 32.2. The Kier molecular flexibility index (Phi) is 3.81. The number of hydrogen-bond acceptors (Lipinski definition) is 3. The van der Waals surface area contributed by atoms with Crippen molar-refractivity contribution in [1.29, 1.82) is 0 Å². The molecule has 0 saturated carbocycles. The average Bonchev–Trinajstić information content (AvgIpc) is 2.78. The van der Waals surface area contributed by atoms with E-state index in [-0.39, 0.29) is 18.1 Å². The Balaban J connectivity index is 2.00. The van der Waals surface area contributed by atoms with E-state index in [4.69, 9.17) is 5.11 Å². The summed E-state index contributed by atoms with van der Waals surface area (Å²) in [7, 11) is -0.823. The van der Waals surface area contributed by atoms with Crippen LogP contribution >= 0.6 is 0 Å². The molecule has 1 aliphatic rings. The van der Waals surface area contributed by atoms with E-state index in [0.717, 1.165) is 0 Å². The van der Waals surface area contributed by atoms with Crippen molar-refractivity contribution in [3.05, 3.63) is 24.0 Å². The highest BCUT2D eigenvalue weighted by Gasteiger charge is 2.21. The van der Waals surface area contributed by atoms with Crippen LogP contribution in [0.4, 0.5) is 0 Å². The van der Waals surface area contributed by atoms with E-state index >= 15 is 0 Å². The van der Waals surface area contributed by atoms with Crippen molar-refractivity contribution in [2.75, 3.05) is 24.6 Å². The zero-order valence-corrected chi connectivity index (χ0v) is 10.6. The molecule has 18 heavy (non-hydrogen) atoms. The molecular weight excluding hydrogens is 256 g/mol. The number of carboxylic acids is 1. The van der Waals surface area contributed by atoms with Gasteiger partial charge in [0.25, 0.3) is 0 Å². The molecule has 98 valence electrons. The number of rotatable bonds is 3. The van der Waals surface area contributed by atoms with Gasteiger partial charge in [-0.25, -0.2) is 4.79 Å². The van der Waals surface area contributed by atoms with Crippen LogP contribution < -0.4 is 0 Å². The van der Waals surface area contributed by atoms with Crippen LogP contribution in [0.15, 0.2) is 18.3 Å². The van der Waals surface area contributed by atoms with Crippen molar-refractivity contribution < 1.29 is 18.9 Å². The minimum Gasteiger partial charge on any atom is -0.477 e. The van der Waals surface area contributed by atoms with Gasteiger partial charge < -0.3 is 14.6 Å². The molecule has 1 aliphatic heterocycles. The lowest BCUT2D eigenvalue weighted by Crippen LogP contribution is -2.43. The van der Waals surface area contributed by atoms with Crippen LogP contribution in [0.2, 0.25) is 0 Å². The van der Waals surface area contributed by atoms with Gasteiger partial charge in [-0.05, 0) is 12.1 Å². The molecule has 1 N–H and O–H groups in total. The van der Waals surface area contributed by atoms with Crippen molar-refractivity contribution in [2.24, 2.45) is 0 Å². The summed E-state index contributed by atoms with van der Waals surface area (Å²) >= 11 is 0. The van der Waals surface area contributed by atoms with Gasteiger partial charge >= 0.3 is 5.97 Å². The normalized spacial score (nSPS) is 16.8. The Hall–Kier alpha value is -1.63. The Morgan fingerprint density at radius 3 is 2.61 bits per heavy atom. The van der Waals surface area contributed by atoms with E-state index < -0.39 is 16.8 Å². The Labute approximate surface area is 107 Å². The minimum absolute atomic E-state index is 0.0151.